The van der Waals surface area contributed by atoms with E-state index >= 15 is 0 Å². The minimum Gasteiger partial charge on any atom is -0.360 e. The van der Waals surface area contributed by atoms with Crippen molar-refractivity contribution in [3.63, 3.8) is 0 Å². The van der Waals surface area contributed by atoms with Gasteiger partial charge < -0.3 is 19.6 Å². The summed E-state index contributed by atoms with van der Waals surface area (Å²) >= 11 is 7.17. The molecule has 0 atom stereocenters. The molecule has 0 bridgehead atoms. The Morgan fingerprint density at radius 2 is 1.94 bits per heavy atom. The standard InChI is InChI=1S/C18H19ClF3N5O3S/c1-11-6-14(25-30-11)24-15(28)9-31-10-16(29)26-2-4-27(5-3-26)17-13(19)7-12(8-23-17)18(20,21)22/h6-8H,2-5,9-10H2,1H3,(H,24,25,28). The third-order valence-electron chi connectivity index (χ3n) is 4.44. The van der Waals surface area contributed by atoms with Gasteiger partial charge in [-0.3, -0.25) is 9.59 Å². The van der Waals surface area contributed by atoms with Gasteiger partial charge in [-0.1, -0.05) is 16.8 Å². The topological polar surface area (TPSA) is 91.6 Å². The van der Waals surface area contributed by atoms with E-state index in [1.807, 2.05) is 0 Å². The van der Waals surface area contributed by atoms with Crippen molar-refractivity contribution in [2.75, 3.05) is 47.9 Å². The molecule has 1 N–H and O–H groups in total. The molecule has 1 fully saturated rings. The molecular formula is C18H19ClF3N5O3S. The fraction of sp³-hybridized carbons (Fsp3) is 0.444. The fourth-order valence-electron chi connectivity index (χ4n) is 2.91. The van der Waals surface area contributed by atoms with E-state index < -0.39 is 11.7 Å². The molecule has 3 rings (SSSR count). The Labute approximate surface area is 185 Å². The van der Waals surface area contributed by atoms with Gasteiger partial charge in [-0.05, 0) is 13.0 Å². The monoisotopic (exact) mass is 477 g/mol. The smallest absolute Gasteiger partial charge is 0.360 e. The summed E-state index contributed by atoms with van der Waals surface area (Å²) in [5.74, 6) is 0.954. The number of aryl methyl sites for hydroxylation is 1. The van der Waals surface area contributed by atoms with E-state index in [9.17, 15) is 22.8 Å². The highest BCUT2D eigenvalue weighted by Gasteiger charge is 2.32. The second-order valence-electron chi connectivity index (χ2n) is 6.76. The molecule has 0 aromatic carbocycles. The number of hydrogen-bond acceptors (Lipinski definition) is 7. The number of nitrogens with zero attached hydrogens (tertiary/aromatic N) is 4. The quantitative estimate of drug-likeness (QED) is 0.683. The highest BCUT2D eigenvalue weighted by molar-refractivity contribution is 8.00. The number of rotatable bonds is 6. The molecule has 3 heterocycles. The molecule has 168 valence electrons. The van der Waals surface area contributed by atoms with Crippen LogP contribution >= 0.6 is 23.4 Å². The maximum absolute atomic E-state index is 12.8. The maximum Gasteiger partial charge on any atom is 0.417 e. The number of halogens is 4. The van der Waals surface area contributed by atoms with Gasteiger partial charge in [0, 0.05) is 38.4 Å². The number of alkyl halides is 3. The Bertz CT molecular complexity index is 948. The molecule has 0 spiro atoms. The Balaban J connectivity index is 1.43. The summed E-state index contributed by atoms with van der Waals surface area (Å²) in [7, 11) is 0. The highest BCUT2D eigenvalue weighted by atomic mass is 35.5. The zero-order chi connectivity index (χ0) is 22.6. The van der Waals surface area contributed by atoms with E-state index in [2.05, 4.69) is 15.5 Å². The van der Waals surface area contributed by atoms with Crippen LogP contribution in [0.3, 0.4) is 0 Å². The summed E-state index contributed by atoms with van der Waals surface area (Å²) in [5, 5.41) is 6.15. The summed E-state index contributed by atoms with van der Waals surface area (Å²) in [6, 6.07) is 2.44. The first-order valence-electron chi connectivity index (χ1n) is 9.20. The number of anilines is 2. The lowest BCUT2D eigenvalue weighted by Crippen LogP contribution is -2.49. The first-order valence-corrected chi connectivity index (χ1v) is 10.7. The Morgan fingerprint density at radius 3 is 2.52 bits per heavy atom. The van der Waals surface area contributed by atoms with Crippen LogP contribution in [-0.2, 0) is 15.8 Å². The number of nitrogens with one attached hydrogen (secondary N) is 1. The first-order chi connectivity index (χ1) is 14.6. The summed E-state index contributed by atoms with van der Waals surface area (Å²) < 4.78 is 43.1. The molecule has 1 saturated heterocycles. The molecule has 2 amide bonds. The zero-order valence-corrected chi connectivity index (χ0v) is 18.0. The van der Waals surface area contributed by atoms with Crippen LogP contribution in [0.25, 0.3) is 0 Å². The summed E-state index contributed by atoms with van der Waals surface area (Å²) in [5.41, 5.74) is -0.908. The Hall–Kier alpha value is -2.47. The lowest BCUT2D eigenvalue weighted by Gasteiger charge is -2.35. The predicted molar refractivity (Wildman–Crippen MR) is 110 cm³/mol. The molecule has 1 aliphatic heterocycles. The molecule has 1 aliphatic rings. The van der Waals surface area contributed by atoms with Crippen molar-refractivity contribution >= 4 is 46.8 Å². The number of piperazine rings is 1. The minimum atomic E-state index is -4.51. The van der Waals surface area contributed by atoms with Gasteiger partial charge in [0.25, 0.3) is 0 Å². The molecule has 2 aromatic rings. The lowest BCUT2D eigenvalue weighted by molar-refractivity contribution is -0.137. The van der Waals surface area contributed by atoms with Crippen LogP contribution < -0.4 is 10.2 Å². The number of hydrogen-bond donors (Lipinski definition) is 1. The maximum atomic E-state index is 12.8. The van der Waals surface area contributed by atoms with Crippen LogP contribution in [0.5, 0.6) is 0 Å². The van der Waals surface area contributed by atoms with E-state index in [4.69, 9.17) is 16.1 Å². The highest BCUT2D eigenvalue weighted by Crippen LogP contribution is 2.33. The van der Waals surface area contributed by atoms with Crippen LogP contribution in [-0.4, -0.2) is 64.5 Å². The van der Waals surface area contributed by atoms with E-state index in [0.717, 1.165) is 12.3 Å². The van der Waals surface area contributed by atoms with Crippen molar-refractivity contribution in [3.05, 3.63) is 34.7 Å². The number of pyridine rings is 1. The van der Waals surface area contributed by atoms with Gasteiger partial charge in [0.05, 0.1) is 22.1 Å². The van der Waals surface area contributed by atoms with Crippen LogP contribution in [0.2, 0.25) is 5.02 Å². The molecule has 8 nitrogen and oxygen atoms in total. The molecule has 0 unspecified atom stereocenters. The minimum absolute atomic E-state index is 0.0847. The summed E-state index contributed by atoms with van der Waals surface area (Å²) in [6.07, 6.45) is -3.76. The van der Waals surface area contributed by atoms with Crippen LogP contribution in [0.15, 0.2) is 22.9 Å². The van der Waals surface area contributed by atoms with Crippen molar-refractivity contribution in [2.45, 2.75) is 13.1 Å². The summed E-state index contributed by atoms with van der Waals surface area (Å²) in [6.45, 7) is 3.24. The first kappa shape index (κ1) is 23.2. The van der Waals surface area contributed by atoms with Crippen molar-refractivity contribution in [1.82, 2.24) is 15.0 Å². The van der Waals surface area contributed by atoms with E-state index in [-0.39, 0.29) is 34.2 Å². The Kier molecular flexibility index (Phi) is 7.31. The van der Waals surface area contributed by atoms with Crippen molar-refractivity contribution in [2.24, 2.45) is 0 Å². The van der Waals surface area contributed by atoms with Gasteiger partial charge in [0.1, 0.15) is 11.6 Å². The second-order valence-corrected chi connectivity index (χ2v) is 8.15. The normalized spacial score (nSPS) is 14.6. The van der Waals surface area contributed by atoms with Crippen LogP contribution in [0, 0.1) is 6.92 Å². The van der Waals surface area contributed by atoms with Crippen molar-refractivity contribution in [3.8, 4) is 0 Å². The van der Waals surface area contributed by atoms with Gasteiger partial charge in [0.15, 0.2) is 5.82 Å². The zero-order valence-electron chi connectivity index (χ0n) is 16.4. The molecule has 13 heteroatoms. The largest absolute Gasteiger partial charge is 0.417 e. The third kappa shape index (κ3) is 6.26. The third-order valence-corrected chi connectivity index (χ3v) is 5.63. The average Bonchev–Trinajstić information content (AvgIpc) is 3.11. The predicted octanol–water partition coefficient (Wildman–Crippen LogP) is 3.07. The lowest BCUT2D eigenvalue weighted by atomic mass is 10.2. The fourth-order valence-corrected chi connectivity index (χ4v) is 3.92. The number of thioether (sulfide) groups is 1. The molecule has 0 radical (unpaired) electrons. The average molecular weight is 478 g/mol. The number of amides is 2. The van der Waals surface area contributed by atoms with Gasteiger partial charge >= 0.3 is 6.18 Å². The van der Waals surface area contributed by atoms with Gasteiger partial charge in [-0.2, -0.15) is 13.2 Å². The second kappa shape index (κ2) is 9.77. The Morgan fingerprint density at radius 1 is 1.23 bits per heavy atom. The van der Waals surface area contributed by atoms with E-state index in [0.29, 0.717) is 37.8 Å². The van der Waals surface area contributed by atoms with E-state index in [1.54, 1.807) is 22.8 Å². The van der Waals surface area contributed by atoms with Gasteiger partial charge in [-0.25, -0.2) is 4.98 Å². The number of carbonyl (C=O) groups is 2. The van der Waals surface area contributed by atoms with Gasteiger partial charge in [-0.15, -0.1) is 11.8 Å². The molecule has 0 saturated carbocycles. The number of carbonyl (C=O) groups excluding carboxylic acids is 2. The molecular weight excluding hydrogens is 459 g/mol. The number of aromatic nitrogens is 2. The van der Waals surface area contributed by atoms with Crippen LogP contribution in [0.4, 0.5) is 24.8 Å². The van der Waals surface area contributed by atoms with Crippen LogP contribution in [0.1, 0.15) is 11.3 Å². The molecule has 2 aromatic heterocycles. The SMILES string of the molecule is Cc1cc(NC(=O)CSCC(=O)N2CCN(c3ncc(C(F)(F)F)cc3Cl)CC2)no1. The van der Waals surface area contributed by atoms with Crippen molar-refractivity contribution in [1.29, 1.82) is 0 Å². The van der Waals surface area contributed by atoms with Gasteiger partial charge in [0.2, 0.25) is 11.8 Å². The molecule has 0 aliphatic carbocycles. The van der Waals surface area contributed by atoms with E-state index in [1.165, 1.54) is 11.8 Å². The molecule has 31 heavy (non-hydrogen) atoms. The van der Waals surface area contributed by atoms with Crippen molar-refractivity contribution < 1.29 is 27.3 Å². The summed E-state index contributed by atoms with van der Waals surface area (Å²) in [4.78, 5) is 31.5.